The maximum atomic E-state index is 12.6. The predicted molar refractivity (Wildman–Crippen MR) is 79.9 cm³/mol. The summed E-state index contributed by atoms with van der Waals surface area (Å²) in [5.41, 5.74) is 7.95. The first kappa shape index (κ1) is 16.5. The molecule has 0 aromatic heterocycles. The summed E-state index contributed by atoms with van der Waals surface area (Å²) < 4.78 is 10.1. The molecule has 0 fully saturated rings. The molecule has 0 radical (unpaired) electrons. The molecular formula is C15H24N2O3. The summed E-state index contributed by atoms with van der Waals surface area (Å²) in [6.07, 6.45) is 0.799. The molecule has 1 aromatic rings. The van der Waals surface area contributed by atoms with Crippen molar-refractivity contribution in [2.24, 2.45) is 0 Å². The molecule has 1 aromatic carbocycles. The van der Waals surface area contributed by atoms with Crippen molar-refractivity contribution in [1.29, 1.82) is 0 Å². The quantitative estimate of drug-likeness (QED) is 0.581. The van der Waals surface area contributed by atoms with Crippen molar-refractivity contribution in [3.8, 4) is 0 Å². The van der Waals surface area contributed by atoms with Gasteiger partial charge in [-0.2, -0.15) is 0 Å². The maximum absolute atomic E-state index is 12.6. The van der Waals surface area contributed by atoms with Gasteiger partial charge in [0.1, 0.15) is 0 Å². The Balaban J connectivity index is 2.82. The molecular weight excluding hydrogens is 256 g/mol. The largest absolute Gasteiger partial charge is 0.399 e. The number of nitrogen functional groups attached to an aromatic ring is 1. The number of ether oxygens (including phenoxy) is 2. The van der Waals surface area contributed by atoms with Crippen LogP contribution in [-0.4, -0.2) is 51.3 Å². The number of carbonyl (C=O) groups is 1. The number of hydrogen-bond donors (Lipinski definition) is 1. The summed E-state index contributed by atoms with van der Waals surface area (Å²) in [5.74, 6) is -0.0112. The van der Waals surface area contributed by atoms with Crippen LogP contribution >= 0.6 is 0 Å². The molecule has 112 valence electrons. The summed E-state index contributed by atoms with van der Waals surface area (Å²) in [6, 6.07) is 5.40. The fourth-order valence-electron chi connectivity index (χ4n) is 1.96. The predicted octanol–water partition coefficient (Wildman–Crippen LogP) is 1.70. The van der Waals surface area contributed by atoms with E-state index >= 15 is 0 Å². The SMILES string of the molecule is COCCCN(CCOC)C(=O)c1cc(N)ccc1C. The van der Waals surface area contributed by atoms with E-state index in [1.165, 1.54) is 0 Å². The first-order chi connectivity index (χ1) is 9.60. The van der Waals surface area contributed by atoms with E-state index in [9.17, 15) is 4.79 Å². The molecule has 0 atom stereocenters. The summed E-state index contributed by atoms with van der Waals surface area (Å²) in [6.45, 7) is 4.26. The summed E-state index contributed by atoms with van der Waals surface area (Å²) in [5, 5.41) is 0. The lowest BCUT2D eigenvalue weighted by Crippen LogP contribution is -2.35. The average molecular weight is 280 g/mol. The second kappa shape index (κ2) is 8.55. The molecule has 0 heterocycles. The van der Waals surface area contributed by atoms with Crippen LogP contribution in [0.2, 0.25) is 0 Å². The number of hydrogen-bond acceptors (Lipinski definition) is 4. The minimum Gasteiger partial charge on any atom is -0.399 e. The topological polar surface area (TPSA) is 64.8 Å². The molecule has 1 amide bonds. The Morgan fingerprint density at radius 2 is 1.90 bits per heavy atom. The van der Waals surface area contributed by atoms with Crippen LogP contribution in [0.4, 0.5) is 5.69 Å². The van der Waals surface area contributed by atoms with Gasteiger partial charge in [-0.15, -0.1) is 0 Å². The third kappa shape index (κ3) is 4.83. The van der Waals surface area contributed by atoms with Crippen molar-refractivity contribution in [3.63, 3.8) is 0 Å². The second-order valence-electron chi connectivity index (χ2n) is 4.71. The molecule has 0 saturated carbocycles. The summed E-state index contributed by atoms with van der Waals surface area (Å²) in [4.78, 5) is 14.4. The normalized spacial score (nSPS) is 10.6. The molecule has 2 N–H and O–H groups in total. The fraction of sp³-hybridized carbons (Fsp3) is 0.533. The van der Waals surface area contributed by atoms with E-state index in [1.54, 1.807) is 31.3 Å². The number of benzene rings is 1. The van der Waals surface area contributed by atoms with Gasteiger partial charge in [0.15, 0.2) is 0 Å². The minimum atomic E-state index is -0.0112. The van der Waals surface area contributed by atoms with Gasteiger partial charge in [-0.05, 0) is 31.0 Å². The standard InChI is InChI=1S/C15H24N2O3/c1-12-5-6-13(16)11-14(12)15(18)17(8-10-20-3)7-4-9-19-2/h5-6,11H,4,7-10,16H2,1-3H3. The van der Waals surface area contributed by atoms with Crippen molar-refractivity contribution < 1.29 is 14.3 Å². The first-order valence-corrected chi connectivity index (χ1v) is 6.73. The Labute approximate surface area is 120 Å². The molecule has 0 aliphatic heterocycles. The number of methoxy groups -OCH3 is 2. The van der Waals surface area contributed by atoms with E-state index in [1.807, 2.05) is 13.0 Å². The van der Waals surface area contributed by atoms with Gasteiger partial charge in [0.2, 0.25) is 0 Å². The molecule has 5 heteroatoms. The van der Waals surface area contributed by atoms with Gasteiger partial charge in [-0.3, -0.25) is 4.79 Å². The van der Waals surface area contributed by atoms with Crippen molar-refractivity contribution in [2.45, 2.75) is 13.3 Å². The molecule has 20 heavy (non-hydrogen) atoms. The van der Waals surface area contributed by atoms with E-state index in [-0.39, 0.29) is 5.91 Å². The van der Waals surface area contributed by atoms with Crippen molar-refractivity contribution >= 4 is 11.6 Å². The number of nitrogens with two attached hydrogens (primary N) is 1. The molecule has 0 saturated heterocycles. The zero-order valence-electron chi connectivity index (χ0n) is 12.5. The number of rotatable bonds is 8. The van der Waals surface area contributed by atoms with Crippen molar-refractivity contribution in [1.82, 2.24) is 4.90 Å². The Morgan fingerprint density at radius 1 is 1.20 bits per heavy atom. The van der Waals surface area contributed by atoms with Crippen molar-refractivity contribution in [3.05, 3.63) is 29.3 Å². The maximum Gasteiger partial charge on any atom is 0.254 e. The smallest absolute Gasteiger partial charge is 0.254 e. The number of amides is 1. The van der Waals surface area contributed by atoms with Crippen LogP contribution < -0.4 is 5.73 Å². The highest BCUT2D eigenvalue weighted by molar-refractivity contribution is 5.96. The monoisotopic (exact) mass is 280 g/mol. The lowest BCUT2D eigenvalue weighted by atomic mass is 10.1. The number of anilines is 1. The number of carbonyl (C=O) groups excluding carboxylic acids is 1. The highest BCUT2D eigenvalue weighted by atomic mass is 16.5. The third-order valence-electron chi connectivity index (χ3n) is 3.12. The molecule has 0 bridgehead atoms. The molecule has 1 rings (SSSR count). The van der Waals surface area contributed by atoms with Gasteiger partial charge in [0.25, 0.3) is 5.91 Å². The zero-order valence-corrected chi connectivity index (χ0v) is 12.5. The van der Waals surface area contributed by atoms with Crippen LogP contribution in [-0.2, 0) is 9.47 Å². The summed E-state index contributed by atoms with van der Waals surface area (Å²) in [7, 11) is 3.28. The van der Waals surface area contributed by atoms with Crippen LogP contribution in [0, 0.1) is 6.92 Å². The Morgan fingerprint density at radius 3 is 2.55 bits per heavy atom. The summed E-state index contributed by atoms with van der Waals surface area (Å²) >= 11 is 0. The Bertz CT molecular complexity index is 435. The van der Waals surface area contributed by atoms with Crippen LogP contribution in [0.25, 0.3) is 0 Å². The third-order valence-corrected chi connectivity index (χ3v) is 3.12. The van der Waals surface area contributed by atoms with Crippen LogP contribution in [0.3, 0.4) is 0 Å². The van der Waals surface area contributed by atoms with E-state index in [4.69, 9.17) is 15.2 Å². The fourth-order valence-corrected chi connectivity index (χ4v) is 1.96. The number of aryl methyl sites for hydroxylation is 1. The molecule has 0 aliphatic carbocycles. The lowest BCUT2D eigenvalue weighted by Gasteiger charge is -2.23. The van der Waals surface area contributed by atoms with Gasteiger partial charge in [-0.25, -0.2) is 0 Å². The van der Waals surface area contributed by atoms with Gasteiger partial charge in [0.05, 0.1) is 6.61 Å². The van der Waals surface area contributed by atoms with Gasteiger partial charge < -0.3 is 20.1 Å². The number of nitrogens with zero attached hydrogens (tertiary/aromatic N) is 1. The Kier molecular flexibility index (Phi) is 7.04. The van der Waals surface area contributed by atoms with E-state index in [0.717, 1.165) is 12.0 Å². The van der Waals surface area contributed by atoms with E-state index in [0.29, 0.717) is 37.6 Å². The highest BCUT2D eigenvalue weighted by Gasteiger charge is 2.17. The molecule has 0 unspecified atom stereocenters. The van der Waals surface area contributed by atoms with E-state index in [2.05, 4.69) is 0 Å². The Hall–Kier alpha value is -1.59. The zero-order chi connectivity index (χ0) is 15.0. The van der Waals surface area contributed by atoms with E-state index < -0.39 is 0 Å². The molecule has 0 aliphatic rings. The first-order valence-electron chi connectivity index (χ1n) is 6.73. The van der Waals surface area contributed by atoms with Gasteiger partial charge in [0, 0.05) is 45.2 Å². The second-order valence-corrected chi connectivity index (χ2v) is 4.71. The minimum absolute atomic E-state index is 0.0112. The molecule has 0 spiro atoms. The average Bonchev–Trinajstić information content (AvgIpc) is 2.44. The lowest BCUT2D eigenvalue weighted by molar-refractivity contribution is 0.0673. The van der Waals surface area contributed by atoms with Gasteiger partial charge in [-0.1, -0.05) is 6.07 Å². The van der Waals surface area contributed by atoms with Crippen molar-refractivity contribution in [2.75, 3.05) is 46.3 Å². The highest BCUT2D eigenvalue weighted by Crippen LogP contribution is 2.15. The van der Waals surface area contributed by atoms with Crippen LogP contribution in [0.15, 0.2) is 18.2 Å². The molecule has 5 nitrogen and oxygen atoms in total. The van der Waals surface area contributed by atoms with Gasteiger partial charge >= 0.3 is 0 Å². The van der Waals surface area contributed by atoms with Crippen LogP contribution in [0.1, 0.15) is 22.3 Å². The van der Waals surface area contributed by atoms with Crippen LogP contribution in [0.5, 0.6) is 0 Å².